The number of esters is 1. The number of ether oxygens (including phenoxy) is 2. The fraction of sp³-hybridized carbons (Fsp3) is 0.214. The third-order valence-corrected chi connectivity index (χ3v) is 6.32. The molecule has 0 fully saturated rings. The van der Waals surface area contributed by atoms with E-state index in [4.69, 9.17) is 9.47 Å². The number of fused-ring (bicyclic) bond motifs is 1. The molecule has 182 valence electrons. The SMILES string of the molecule is COc1cccc(CCC2=NC(=O)NC(c3c[nH]c4ncccc34)C2C(=O)OCc2ccccc2)c1. The number of aliphatic imine (C=N–C) groups is 1. The molecule has 0 spiro atoms. The zero-order chi connectivity index (χ0) is 24.9. The number of amides is 2. The molecule has 0 radical (unpaired) electrons. The highest BCUT2D eigenvalue weighted by molar-refractivity contribution is 6.09. The maximum Gasteiger partial charge on any atom is 0.341 e. The maximum absolute atomic E-state index is 13.5. The van der Waals surface area contributed by atoms with E-state index in [-0.39, 0.29) is 6.61 Å². The van der Waals surface area contributed by atoms with Gasteiger partial charge in [0.25, 0.3) is 0 Å². The Bertz CT molecular complexity index is 1410. The van der Waals surface area contributed by atoms with E-state index >= 15 is 0 Å². The summed E-state index contributed by atoms with van der Waals surface area (Å²) in [7, 11) is 1.62. The van der Waals surface area contributed by atoms with E-state index in [0.717, 1.165) is 27.8 Å². The van der Waals surface area contributed by atoms with Gasteiger partial charge in [-0.2, -0.15) is 0 Å². The van der Waals surface area contributed by atoms with Crippen LogP contribution in [0.25, 0.3) is 11.0 Å². The van der Waals surface area contributed by atoms with E-state index in [2.05, 4.69) is 20.3 Å². The van der Waals surface area contributed by atoms with Crippen molar-refractivity contribution in [2.45, 2.75) is 25.5 Å². The largest absolute Gasteiger partial charge is 0.497 e. The number of carbonyl (C=O) groups is 2. The number of nitrogens with one attached hydrogen (secondary N) is 2. The van der Waals surface area contributed by atoms with Crippen molar-refractivity contribution in [2.75, 3.05) is 7.11 Å². The number of hydrogen-bond acceptors (Lipinski definition) is 5. The average molecular weight is 483 g/mol. The fourth-order valence-electron chi connectivity index (χ4n) is 4.54. The Labute approximate surface area is 208 Å². The number of hydrogen-bond donors (Lipinski definition) is 2. The van der Waals surface area contributed by atoms with Crippen molar-refractivity contribution in [3.8, 4) is 5.75 Å². The normalized spacial score (nSPS) is 17.4. The number of carbonyl (C=O) groups excluding carboxylic acids is 2. The first kappa shape index (κ1) is 23.3. The molecule has 4 aromatic rings. The standard InChI is InChI=1S/C28H26N4O4/c1-35-20-10-5-9-18(15-20)12-13-23-24(27(33)36-17-19-7-3-2-4-8-19)25(32-28(34)31-23)22-16-30-26-21(22)11-6-14-29-26/h2-11,14-16,24-25H,12-13,17H2,1H3,(H,29,30)(H,32,34). The van der Waals surface area contributed by atoms with Crippen LogP contribution in [0.2, 0.25) is 0 Å². The molecule has 36 heavy (non-hydrogen) atoms. The molecule has 3 heterocycles. The lowest BCUT2D eigenvalue weighted by atomic mass is 9.85. The van der Waals surface area contributed by atoms with Crippen LogP contribution in [0, 0.1) is 5.92 Å². The summed E-state index contributed by atoms with van der Waals surface area (Å²) in [5, 5.41) is 3.72. The predicted octanol–water partition coefficient (Wildman–Crippen LogP) is 4.77. The first-order chi connectivity index (χ1) is 17.6. The van der Waals surface area contributed by atoms with Crippen LogP contribution in [-0.2, 0) is 22.6 Å². The summed E-state index contributed by atoms with van der Waals surface area (Å²) in [4.78, 5) is 37.9. The lowest BCUT2D eigenvalue weighted by molar-refractivity contribution is -0.148. The number of aryl methyl sites for hydroxylation is 1. The summed E-state index contributed by atoms with van der Waals surface area (Å²) in [6.07, 6.45) is 4.48. The Morgan fingerprint density at radius 1 is 1.00 bits per heavy atom. The molecule has 8 nitrogen and oxygen atoms in total. The molecule has 0 bridgehead atoms. The predicted molar refractivity (Wildman–Crippen MR) is 136 cm³/mol. The topological polar surface area (TPSA) is 106 Å². The number of rotatable bonds is 8. The van der Waals surface area contributed by atoms with E-state index in [1.165, 1.54) is 0 Å². The number of methoxy groups -OCH3 is 1. The third kappa shape index (κ3) is 4.98. The van der Waals surface area contributed by atoms with Gasteiger partial charge in [-0.05, 0) is 48.2 Å². The molecule has 0 aliphatic carbocycles. The van der Waals surface area contributed by atoms with Gasteiger partial charge in [0.2, 0.25) is 0 Å². The number of aromatic amines is 1. The molecular weight excluding hydrogens is 456 g/mol. The zero-order valence-electron chi connectivity index (χ0n) is 19.8. The highest BCUT2D eigenvalue weighted by Crippen LogP contribution is 2.34. The minimum Gasteiger partial charge on any atom is -0.497 e. The van der Waals surface area contributed by atoms with Crippen molar-refractivity contribution in [1.29, 1.82) is 0 Å². The molecule has 2 N–H and O–H groups in total. The van der Waals surface area contributed by atoms with Crippen LogP contribution < -0.4 is 10.1 Å². The zero-order valence-corrected chi connectivity index (χ0v) is 19.8. The smallest absolute Gasteiger partial charge is 0.341 e. The molecule has 0 saturated carbocycles. The maximum atomic E-state index is 13.5. The summed E-state index contributed by atoms with van der Waals surface area (Å²) in [5.74, 6) is -0.471. The van der Waals surface area contributed by atoms with Gasteiger partial charge in [0, 0.05) is 29.1 Å². The van der Waals surface area contributed by atoms with Gasteiger partial charge in [-0.1, -0.05) is 42.5 Å². The van der Waals surface area contributed by atoms with Gasteiger partial charge in [0.1, 0.15) is 23.9 Å². The number of benzene rings is 2. The summed E-state index contributed by atoms with van der Waals surface area (Å²) in [6, 6.07) is 19.8. The van der Waals surface area contributed by atoms with Crippen LogP contribution in [0.5, 0.6) is 5.75 Å². The van der Waals surface area contributed by atoms with Gasteiger partial charge in [-0.15, -0.1) is 0 Å². The van der Waals surface area contributed by atoms with Crippen molar-refractivity contribution < 1.29 is 19.1 Å². The minimum absolute atomic E-state index is 0.134. The number of nitrogens with zero attached hydrogens (tertiary/aromatic N) is 2. The lowest BCUT2D eigenvalue weighted by Gasteiger charge is -2.30. The average Bonchev–Trinajstić information content (AvgIpc) is 3.35. The van der Waals surface area contributed by atoms with Crippen LogP contribution in [0.4, 0.5) is 4.79 Å². The van der Waals surface area contributed by atoms with E-state index < -0.39 is 24.0 Å². The van der Waals surface area contributed by atoms with E-state index in [9.17, 15) is 9.59 Å². The molecule has 2 unspecified atom stereocenters. The van der Waals surface area contributed by atoms with Crippen molar-refractivity contribution in [3.05, 3.63) is 95.8 Å². The van der Waals surface area contributed by atoms with Crippen LogP contribution >= 0.6 is 0 Å². The molecule has 8 heteroatoms. The monoisotopic (exact) mass is 482 g/mol. The second-order valence-corrected chi connectivity index (χ2v) is 8.60. The third-order valence-electron chi connectivity index (χ3n) is 6.32. The molecular formula is C28H26N4O4. The first-order valence-electron chi connectivity index (χ1n) is 11.8. The quantitative estimate of drug-likeness (QED) is 0.352. The Balaban J connectivity index is 1.46. The van der Waals surface area contributed by atoms with Crippen molar-refractivity contribution in [2.24, 2.45) is 10.9 Å². The van der Waals surface area contributed by atoms with Gasteiger partial charge < -0.3 is 19.8 Å². The molecule has 2 amide bonds. The molecule has 1 aliphatic heterocycles. The highest BCUT2D eigenvalue weighted by atomic mass is 16.5. The lowest BCUT2D eigenvalue weighted by Crippen LogP contribution is -2.45. The molecule has 0 saturated heterocycles. The fourth-order valence-corrected chi connectivity index (χ4v) is 4.54. The van der Waals surface area contributed by atoms with Crippen LogP contribution in [0.3, 0.4) is 0 Å². The van der Waals surface area contributed by atoms with Crippen molar-refractivity contribution in [3.63, 3.8) is 0 Å². The van der Waals surface area contributed by atoms with Gasteiger partial charge >= 0.3 is 12.0 Å². The molecule has 2 atom stereocenters. The van der Waals surface area contributed by atoms with Gasteiger partial charge in [-0.3, -0.25) is 4.79 Å². The van der Waals surface area contributed by atoms with Crippen LogP contribution in [-0.4, -0.2) is 34.8 Å². The van der Waals surface area contributed by atoms with Gasteiger partial charge in [0.15, 0.2) is 0 Å². The highest BCUT2D eigenvalue weighted by Gasteiger charge is 2.40. The molecule has 2 aromatic heterocycles. The first-order valence-corrected chi connectivity index (χ1v) is 11.8. The second-order valence-electron chi connectivity index (χ2n) is 8.60. The molecule has 5 rings (SSSR count). The van der Waals surface area contributed by atoms with Crippen LogP contribution in [0.1, 0.15) is 29.2 Å². The minimum atomic E-state index is -0.781. The summed E-state index contributed by atoms with van der Waals surface area (Å²) in [6.45, 7) is 0.134. The Kier molecular flexibility index (Phi) is 6.75. The second kappa shape index (κ2) is 10.4. The van der Waals surface area contributed by atoms with Crippen LogP contribution in [0.15, 0.2) is 84.1 Å². The molecule has 1 aliphatic rings. The number of pyridine rings is 1. The number of urea groups is 1. The molecule has 2 aromatic carbocycles. The summed E-state index contributed by atoms with van der Waals surface area (Å²) in [5.41, 5.74) is 3.84. The number of H-pyrrole nitrogens is 1. The summed E-state index contributed by atoms with van der Waals surface area (Å²) >= 11 is 0. The van der Waals surface area contributed by atoms with Gasteiger partial charge in [-0.25, -0.2) is 14.8 Å². The van der Waals surface area contributed by atoms with E-state index in [1.807, 2.05) is 66.7 Å². The Hall–Kier alpha value is -4.46. The van der Waals surface area contributed by atoms with Crippen molar-refractivity contribution >= 4 is 28.7 Å². The van der Waals surface area contributed by atoms with Crippen molar-refractivity contribution in [1.82, 2.24) is 15.3 Å². The Morgan fingerprint density at radius 3 is 2.67 bits per heavy atom. The Morgan fingerprint density at radius 2 is 1.83 bits per heavy atom. The van der Waals surface area contributed by atoms with Gasteiger partial charge in [0.05, 0.1) is 13.2 Å². The summed E-state index contributed by atoms with van der Waals surface area (Å²) < 4.78 is 11.1. The van der Waals surface area contributed by atoms with E-state index in [0.29, 0.717) is 24.2 Å². The van der Waals surface area contributed by atoms with E-state index in [1.54, 1.807) is 19.5 Å². The number of aromatic nitrogens is 2.